The quantitative estimate of drug-likeness (QED) is 0.668. The minimum atomic E-state index is -4.38. The van der Waals surface area contributed by atoms with Crippen LogP contribution in [0, 0.1) is 0 Å². The van der Waals surface area contributed by atoms with Gasteiger partial charge in [0.05, 0.1) is 5.56 Å². The molecular formula is C14H15F3N2O. The zero-order valence-electron chi connectivity index (χ0n) is 10.9. The monoisotopic (exact) mass is 284 g/mol. The fourth-order valence-electron chi connectivity index (χ4n) is 1.98. The third-order valence-electron chi connectivity index (χ3n) is 3.03. The summed E-state index contributed by atoms with van der Waals surface area (Å²) in [6, 6.07) is 7.91. The van der Waals surface area contributed by atoms with Crippen LogP contribution in [0.3, 0.4) is 0 Å². The van der Waals surface area contributed by atoms with Crippen molar-refractivity contribution in [3.8, 4) is 0 Å². The van der Waals surface area contributed by atoms with Gasteiger partial charge >= 0.3 is 6.18 Å². The Morgan fingerprint density at radius 1 is 1.25 bits per heavy atom. The molecule has 0 aliphatic rings. The molecule has 0 fully saturated rings. The summed E-state index contributed by atoms with van der Waals surface area (Å²) in [4.78, 5) is 0. The lowest BCUT2D eigenvalue weighted by Gasteiger charge is -2.16. The van der Waals surface area contributed by atoms with Crippen LogP contribution >= 0.6 is 0 Å². The van der Waals surface area contributed by atoms with Gasteiger partial charge in [0.15, 0.2) is 0 Å². The van der Waals surface area contributed by atoms with E-state index in [1.165, 1.54) is 6.07 Å². The first-order valence-electron chi connectivity index (χ1n) is 6.17. The van der Waals surface area contributed by atoms with Crippen molar-refractivity contribution in [3.05, 3.63) is 59.0 Å². The third-order valence-corrected chi connectivity index (χ3v) is 3.03. The van der Waals surface area contributed by atoms with Crippen molar-refractivity contribution in [2.75, 3.05) is 0 Å². The summed E-state index contributed by atoms with van der Waals surface area (Å²) in [6.45, 7) is 1.93. The first-order valence-corrected chi connectivity index (χ1v) is 6.17. The number of alkyl halides is 3. The first kappa shape index (κ1) is 14.6. The minimum Gasteiger partial charge on any atom is -0.464 e. The average molecular weight is 284 g/mol. The summed E-state index contributed by atoms with van der Waals surface area (Å²) in [6.07, 6.45) is -3.67. The number of hydrazine groups is 1. The molecule has 1 heterocycles. The highest BCUT2D eigenvalue weighted by Gasteiger charge is 2.31. The number of hydrogen-bond acceptors (Lipinski definition) is 3. The molecule has 0 saturated heterocycles. The van der Waals surface area contributed by atoms with E-state index in [0.29, 0.717) is 17.7 Å². The topological polar surface area (TPSA) is 51.2 Å². The summed E-state index contributed by atoms with van der Waals surface area (Å²) >= 11 is 0. The summed E-state index contributed by atoms with van der Waals surface area (Å²) in [5, 5.41) is 0. The number of hydrogen-bond donors (Lipinski definition) is 2. The Labute approximate surface area is 114 Å². The maximum atomic E-state index is 12.7. The molecule has 0 aliphatic heterocycles. The SMILES string of the molecule is CCc1ccc(C(NN)c2cccc(C(F)(F)F)c2)o1. The lowest BCUT2D eigenvalue weighted by molar-refractivity contribution is -0.137. The standard InChI is InChI=1S/C14H15F3N2O/c1-2-11-6-7-12(20-11)13(19-18)9-4-3-5-10(8-9)14(15,16)17/h3-8,13,19H,2,18H2,1H3. The van der Waals surface area contributed by atoms with Crippen LogP contribution in [0.2, 0.25) is 0 Å². The molecule has 6 heteroatoms. The molecule has 20 heavy (non-hydrogen) atoms. The first-order chi connectivity index (χ1) is 9.45. The molecule has 2 rings (SSSR count). The second-order valence-corrected chi connectivity index (χ2v) is 4.38. The van der Waals surface area contributed by atoms with Gasteiger partial charge in [-0.2, -0.15) is 13.2 Å². The molecule has 0 amide bonds. The van der Waals surface area contributed by atoms with Crippen molar-refractivity contribution in [3.63, 3.8) is 0 Å². The predicted octanol–water partition coefficient (Wildman–Crippen LogP) is 3.41. The summed E-state index contributed by atoms with van der Waals surface area (Å²) < 4.78 is 43.7. The van der Waals surface area contributed by atoms with E-state index < -0.39 is 17.8 Å². The average Bonchev–Trinajstić information content (AvgIpc) is 2.88. The Kier molecular flexibility index (Phi) is 4.15. The summed E-state index contributed by atoms with van der Waals surface area (Å²) in [5.74, 6) is 6.70. The summed E-state index contributed by atoms with van der Waals surface area (Å²) in [5.41, 5.74) is 2.18. The van der Waals surface area contributed by atoms with Gasteiger partial charge in [0, 0.05) is 6.42 Å². The summed E-state index contributed by atoms with van der Waals surface area (Å²) in [7, 11) is 0. The Morgan fingerprint density at radius 3 is 2.55 bits per heavy atom. The molecule has 0 saturated carbocycles. The molecular weight excluding hydrogens is 269 g/mol. The van der Waals surface area contributed by atoms with Crippen LogP contribution in [0.25, 0.3) is 0 Å². The molecule has 1 unspecified atom stereocenters. The highest BCUT2D eigenvalue weighted by atomic mass is 19.4. The van der Waals surface area contributed by atoms with E-state index in [2.05, 4.69) is 5.43 Å². The van der Waals surface area contributed by atoms with E-state index >= 15 is 0 Å². The number of nitrogens with one attached hydrogen (secondary N) is 1. The van der Waals surface area contributed by atoms with E-state index in [0.717, 1.165) is 17.9 Å². The maximum Gasteiger partial charge on any atom is 0.416 e. The molecule has 0 bridgehead atoms. The highest BCUT2D eigenvalue weighted by molar-refractivity contribution is 5.32. The minimum absolute atomic E-state index is 0.402. The van der Waals surface area contributed by atoms with E-state index in [9.17, 15) is 13.2 Å². The molecule has 0 spiro atoms. The lowest BCUT2D eigenvalue weighted by atomic mass is 10.0. The smallest absolute Gasteiger partial charge is 0.416 e. The van der Waals surface area contributed by atoms with Gasteiger partial charge in [-0.05, 0) is 29.8 Å². The molecule has 3 N–H and O–H groups in total. The Bertz CT molecular complexity index is 578. The van der Waals surface area contributed by atoms with Crippen molar-refractivity contribution < 1.29 is 17.6 Å². The molecule has 0 aliphatic carbocycles. The van der Waals surface area contributed by atoms with Gasteiger partial charge < -0.3 is 4.42 Å². The van der Waals surface area contributed by atoms with Gasteiger partial charge in [-0.25, -0.2) is 5.43 Å². The van der Waals surface area contributed by atoms with Gasteiger partial charge in [-0.15, -0.1) is 0 Å². The van der Waals surface area contributed by atoms with Gasteiger partial charge in [0.2, 0.25) is 0 Å². The number of nitrogens with two attached hydrogens (primary N) is 1. The maximum absolute atomic E-state index is 12.7. The second-order valence-electron chi connectivity index (χ2n) is 4.38. The van der Waals surface area contributed by atoms with E-state index in [1.54, 1.807) is 18.2 Å². The molecule has 108 valence electrons. The number of halogens is 3. The molecule has 1 aromatic carbocycles. The largest absolute Gasteiger partial charge is 0.464 e. The van der Waals surface area contributed by atoms with Crippen LogP contribution in [-0.2, 0) is 12.6 Å². The van der Waals surface area contributed by atoms with Gasteiger partial charge in [0.25, 0.3) is 0 Å². The van der Waals surface area contributed by atoms with E-state index in [-0.39, 0.29) is 0 Å². The van der Waals surface area contributed by atoms with Crippen LogP contribution in [0.1, 0.15) is 35.6 Å². The highest BCUT2D eigenvalue weighted by Crippen LogP contribution is 2.32. The van der Waals surface area contributed by atoms with Gasteiger partial charge in [0.1, 0.15) is 17.6 Å². The van der Waals surface area contributed by atoms with Crippen molar-refractivity contribution in [2.45, 2.75) is 25.6 Å². The van der Waals surface area contributed by atoms with Crippen LogP contribution in [-0.4, -0.2) is 0 Å². The normalized spacial score (nSPS) is 13.4. The third kappa shape index (κ3) is 3.02. The van der Waals surface area contributed by atoms with Crippen LogP contribution in [0.15, 0.2) is 40.8 Å². The van der Waals surface area contributed by atoms with E-state index in [1.807, 2.05) is 6.92 Å². The van der Waals surface area contributed by atoms with Crippen molar-refractivity contribution in [2.24, 2.45) is 5.84 Å². The Morgan fingerprint density at radius 2 is 2.00 bits per heavy atom. The van der Waals surface area contributed by atoms with Crippen LogP contribution in [0.4, 0.5) is 13.2 Å². The van der Waals surface area contributed by atoms with Gasteiger partial charge in [-0.1, -0.05) is 19.1 Å². The molecule has 0 radical (unpaired) electrons. The zero-order valence-corrected chi connectivity index (χ0v) is 10.9. The molecule has 2 aromatic rings. The number of rotatable bonds is 4. The molecule has 1 atom stereocenters. The Balaban J connectivity index is 2.37. The fourth-order valence-corrected chi connectivity index (χ4v) is 1.98. The van der Waals surface area contributed by atoms with Crippen molar-refractivity contribution >= 4 is 0 Å². The van der Waals surface area contributed by atoms with Crippen LogP contribution in [0.5, 0.6) is 0 Å². The lowest BCUT2D eigenvalue weighted by Crippen LogP contribution is -2.28. The Hall–Kier alpha value is -1.79. The zero-order chi connectivity index (χ0) is 14.8. The van der Waals surface area contributed by atoms with Gasteiger partial charge in [-0.3, -0.25) is 5.84 Å². The number of furan rings is 1. The fraction of sp³-hybridized carbons (Fsp3) is 0.286. The van der Waals surface area contributed by atoms with Crippen molar-refractivity contribution in [1.82, 2.24) is 5.43 Å². The second kappa shape index (κ2) is 5.68. The van der Waals surface area contributed by atoms with Crippen LogP contribution < -0.4 is 11.3 Å². The molecule has 1 aromatic heterocycles. The predicted molar refractivity (Wildman–Crippen MR) is 68.7 cm³/mol. The molecule has 3 nitrogen and oxygen atoms in total. The number of aryl methyl sites for hydroxylation is 1. The number of benzene rings is 1. The van der Waals surface area contributed by atoms with Crippen molar-refractivity contribution in [1.29, 1.82) is 0 Å². The van der Waals surface area contributed by atoms with E-state index in [4.69, 9.17) is 10.3 Å².